The van der Waals surface area contributed by atoms with Gasteiger partial charge in [-0.3, -0.25) is 0 Å². The number of piperidine rings is 1. The van der Waals surface area contributed by atoms with E-state index >= 15 is 0 Å². The van der Waals surface area contributed by atoms with Gasteiger partial charge in [-0.25, -0.2) is 13.4 Å². The van der Waals surface area contributed by atoms with Gasteiger partial charge in [-0.2, -0.15) is 4.31 Å². The predicted octanol–water partition coefficient (Wildman–Crippen LogP) is 0.353. The normalized spacial score (nSPS) is 19.3. The number of methoxy groups -OCH3 is 1. The number of nitrogens with one attached hydrogen (secondary N) is 1. The quantitative estimate of drug-likeness (QED) is 0.819. The van der Waals surface area contributed by atoms with Crippen LogP contribution in [0.25, 0.3) is 0 Å². The van der Waals surface area contributed by atoms with Gasteiger partial charge in [-0.15, -0.1) is 10.2 Å². The number of pyridine rings is 1. The van der Waals surface area contributed by atoms with Crippen LogP contribution in [0.3, 0.4) is 0 Å². The van der Waals surface area contributed by atoms with Crippen molar-refractivity contribution >= 4 is 10.0 Å². The molecule has 1 fully saturated rings. The van der Waals surface area contributed by atoms with Crippen molar-refractivity contribution in [1.82, 2.24) is 29.4 Å². The molecule has 0 atom stereocenters. The van der Waals surface area contributed by atoms with Gasteiger partial charge in [0.1, 0.15) is 16.5 Å². The maximum absolute atomic E-state index is 12.8. The lowest BCUT2D eigenvalue weighted by molar-refractivity contribution is 0.307. The zero-order valence-corrected chi connectivity index (χ0v) is 15.4. The van der Waals surface area contributed by atoms with E-state index in [1.54, 1.807) is 6.07 Å². The summed E-state index contributed by atoms with van der Waals surface area (Å²) < 4.78 is 34.3. The van der Waals surface area contributed by atoms with Gasteiger partial charge in [-0.05, 0) is 18.9 Å². The Kier molecular flexibility index (Phi) is 4.63. The molecule has 9 nitrogen and oxygen atoms in total. The number of hydrogen-bond donors (Lipinski definition) is 1. The second-order valence-corrected chi connectivity index (χ2v) is 8.46. The van der Waals surface area contributed by atoms with E-state index in [-0.39, 0.29) is 10.8 Å². The summed E-state index contributed by atoms with van der Waals surface area (Å²) >= 11 is 0. The van der Waals surface area contributed by atoms with Crippen molar-refractivity contribution in [1.29, 1.82) is 0 Å². The van der Waals surface area contributed by atoms with E-state index in [4.69, 9.17) is 4.74 Å². The summed E-state index contributed by atoms with van der Waals surface area (Å²) in [5.41, 5.74) is 0. The summed E-state index contributed by atoms with van der Waals surface area (Å²) in [6.45, 7) is 3.47. The fourth-order valence-electron chi connectivity index (χ4n) is 3.56. The molecule has 0 amide bonds. The molecule has 4 heterocycles. The Bertz CT molecular complexity index is 872. The van der Waals surface area contributed by atoms with Crippen molar-refractivity contribution in [2.75, 3.05) is 26.7 Å². The Morgan fingerprint density at radius 1 is 1.19 bits per heavy atom. The van der Waals surface area contributed by atoms with Crippen LogP contribution in [0.4, 0.5) is 0 Å². The third kappa shape index (κ3) is 3.08. The van der Waals surface area contributed by atoms with E-state index in [9.17, 15) is 8.42 Å². The number of aromatic nitrogens is 4. The van der Waals surface area contributed by atoms with Gasteiger partial charge in [-0.1, -0.05) is 0 Å². The molecule has 0 bridgehead atoms. The highest BCUT2D eigenvalue weighted by Gasteiger charge is 2.32. The molecule has 2 aliphatic heterocycles. The molecule has 2 aromatic rings. The van der Waals surface area contributed by atoms with Crippen LogP contribution in [-0.4, -0.2) is 59.2 Å². The lowest BCUT2D eigenvalue weighted by atomic mass is 9.97. The standard InChI is InChI=1S/C16H22N6O3S/c1-25-15-3-2-13(10-18-15)26(23,24)21-7-4-12(5-8-21)16-20-19-14-11-17-6-9-22(14)16/h2-3,10,12,17H,4-9,11H2,1H3. The lowest BCUT2D eigenvalue weighted by Gasteiger charge is -2.31. The number of fused-ring (bicyclic) bond motifs is 1. The maximum Gasteiger partial charge on any atom is 0.244 e. The molecule has 1 N–H and O–H groups in total. The first-order chi connectivity index (χ1) is 12.6. The lowest BCUT2D eigenvalue weighted by Crippen LogP contribution is -2.38. The molecule has 1 saturated heterocycles. The van der Waals surface area contributed by atoms with Crippen molar-refractivity contribution in [3.05, 3.63) is 30.0 Å². The van der Waals surface area contributed by atoms with E-state index in [2.05, 4.69) is 25.1 Å². The molecule has 0 saturated carbocycles. The maximum atomic E-state index is 12.8. The largest absolute Gasteiger partial charge is 0.481 e. The third-order valence-corrected chi connectivity index (χ3v) is 6.91. The highest BCUT2D eigenvalue weighted by atomic mass is 32.2. The van der Waals surface area contributed by atoms with Crippen LogP contribution in [0.5, 0.6) is 5.88 Å². The Morgan fingerprint density at radius 2 is 2.00 bits per heavy atom. The summed E-state index contributed by atoms with van der Waals surface area (Å²) in [7, 11) is -2.03. The number of nitrogens with zero attached hydrogens (tertiary/aromatic N) is 5. The molecule has 0 radical (unpaired) electrons. The smallest absolute Gasteiger partial charge is 0.244 e. The molecular weight excluding hydrogens is 356 g/mol. The fourth-order valence-corrected chi connectivity index (χ4v) is 4.98. The summed E-state index contributed by atoms with van der Waals surface area (Å²) in [6, 6.07) is 3.10. The molecule has 0 aromatic carbocycles. The van der Waals surface area contributed by atoms with Crippen molar-refractivity contribution in [3.63, 3.8) is 0 Å². The van der Waals surface area contributed by atoms with Crippen molar-refractivity contribution in [2.45, 2.75) is 36.7 Å². The minimum atomic E-state index is -3.53. The number of sulfonamides is 1. The average Bonchev–Trinajstić information content (AvgIpc) is 3.12. The molecule has 10 heteroatoms. The Hall–Kier alpha value is -2.04. The average molecular weight is 378 g/mol. The van der Waals surface area contributed by atoms with E-state index in [1.807, 2.05) is 0 Å². The van der Waals surface area contributed by atoms with E-state index in [0.29, 0.717) is 19.0 Å². The zero-order chi connectivity index (χ0) is 18.1. The monoisotopic (exact) mass is 378 g/mol. The first kappa shape index (κ1) is 17.4. The van der Waals surface area contributed by atoms with Gasteiger partial charge < -0.3 is 14.6 Å². The first-order valence-electron chi connectivity index (χ1n) is 8.72. The highest BCUT2D eigenvalue weighted by Crippen LogP contribution is 2.30. The Balaban J connectivity index is 1.46. The molecule has 2 aliphatic rings. The van der Waals surface area contributed by atoms with Crippen LogP contribution in [0.15, 0.2) is 23.2 Å². The summed E-state index contributed by atoms with van der Waals surface area (Å²) in [6.07, 6.45) is 2.84. The molecular formula is C16H22N6O3S. The van der Waals surface area contributed by atoms with Crippen LogP contribution in [-0.2, 0) is 23.1 Å². The second kappa shape index (κ2) is 6.93. The van der Waals surface area contributed by atoms with Gasteiger partial charge in [0.2, 0.25) is 15.9 Å². The SMILES string of the molecule is COc1ccc(S(=O)(=O)N2CCC(c3nnc4n3CCNC4)CC2)cn1. The first-order valence-corrected chi connectivity index (χ1v) is 10.2. The van der Waals surface area contributed by atoms with Crippen molar-refractivity contribution < 1.29 is 13.2 Å². The fraction of sp³-hybridized carbons (Fsp3) is 0.562. The van der Waals surface area contributed by atoms with E-state index in [1.165, 1.54) is 23.7 Å². The summed E-state index contributed by atoms with van der Waals surface area (Å²) in [4.78, 5) is 4.20. The minimum absolute atomic E-state index is 0.197. The molecule has 0 aliphatic carbocycles. The molecule has 0 spiro atoms. The molecule has 2 aromatic heterocycles. The highest BCUT2D eigenvalue weighted by molar-refractivity contribution is 7.89. The second-order valence-electron chi connectivity index (χ2n) is 6.52. The minimum Gasteiger partial charge on any atom is -0.481 e. The summed E-state index contributed by atoms with van der Waals surface area (Å²) in [5, 5.41) is 11.9. The van der Waals surface area contributed by atoms with Crippen LogP contribution in [0.1, 0.15) is 30.4 Å². The van der Waals surface area contributed by atoms with Crippen LogP contribution in [0.2, 0.25) is 0 Å². The molecule has 0 unspecified atom stereocenters. The zero-order valence-electron chi connectivity index (χ0n) is 14.6. The number of hydrogen-bond acceptors (Lipinski definition) is 7. The van der Waals surface area contributed by atoms with Crippen molar-refractivity contribution in [3.8, 4) is 5.88 Å². The van der Waals surface area contributed by atoms with Crippen LogP contribution in [0, 0.1) is 0 Å². The van der Waals surface area contributed by atoms with E-state index in [0.717, 1.165) is 44.1 Å². The number of ether oxygens (including phenoxy) is 1. The topological polar surface area (TPSA) is 102 Å². The van der Waals surface area contributed by atoms with Crippen molar-refractivity contribution in [2.24, 2.45) is 0 Å². The van der Waals surface area contributed by atoms with Crippen LogP contribution < -0.4 is 10.1 Å². The van der Waals surface area contributed by atoms with Crippen LogP contribution >= 0.6 is 0 Å². The van der Waals surface area contributed by atoms with E-state index < -0.39 is 10.0 Å². The summed E-state index contributed by atoms with van der Waals surface area (Å²) in [5.74, 6) is 2.60. The number of rotatable bonds is 4. The Morgan fingerprint density at radius 3 is 2.69 bits per heavy atom. The molecule has 4 rings (SSSR count). The third-order valence-electron chi connectivity index (χ3n) is 5.03. The van der Waals surface area contributed by atoms with Gasteiger partial charge >= 0.3 is 0 Å². The van der Waals surface area contributed by atoms with Gasteiger partial charge in [0.05, 0.1) is 19.9 Å². The Labute approximate surface area is 152 Å². The molecule has 26 heavy (non-hydrogen) atoms. The predicted molar refractivity (Wildman–Crippen MR) is 93.3 cm³/mol. The van der Waals surface area contributed by atoms with Gasteiger partial charge in [0.25, 0.3) is 0 Å². The van der Waals surface area contributed by atoms with Gasteiger partial charge in [0, 0.05) is 38.2 Å². The molecule has 140 valence electrons. The van der Waals surface area contributed by atoms with Gasteiger partial charge in [0.15, 0.2) is 0 Å².